The summed E-state index contributed by atoms with van der Waals surface area (Å²) in [7, 11) is 0. The minimum atomic E-state index is -0.0529. The molecule has 1 N–H and O–H groups in total. The normalized spacial score (nSPS) is 16.7. The minimum Gasteiger partial charge on any atom is -0.377 e. The number of aryl methyl sites for hydroxylation is 1. The van der Waals surface area contributed by atoms with Gasteiger partial charge >= 0.3 is 0 Å². The van der Waals surface area contributed by atoms with Gasteiger partial charge in [0.05, 0.1) is 18.7 Å². The van der Waals surface area contributed by atoms with E-state index in [9.17, 15) is 4.79 Å². The van der Waals surface area contributed by atoms with Crippen molar-refractivity contribution in [1.82, 2.24) is 30.1 Å². The van der Waals surface area contributed by atoms with Crippen LogP contribution in [0.2, 0.25) is 0 Å². The Hall–Kier alpha value is -3.36. The molecule has 2 aromatic carbocycles. The zero-order valence-electron chi connectivity index (χ0n) is 21.1. The van der Waals surface area contributed by atoms with Crippen molar-refractivity contribution in [2.75, 3.05) is 13.2 Å². The molecule has 0 radical (unpaired) electrons. The standard InChI is InChI=1S/C28H34N6O2/c1-3-20-12-13-25-22(15-20)16-23(28(35)29-25)18-33(19-24-11-8-14-36-24)26(4-2)27-30-31-32-34(27)17-21-9-6-5-7-10-21/h5-7,9-10,12-13,15-16,24,26H,3-4,8,11,14,17-19H2,1-2H3,(H,29,35)/t24-,26-/m1/s1. The molecule has 0 bridgehead atoms. The zero-order valence-corrected chi connectivity index (χ0v) is 21.1. The molecule has 1 aliphatic rings. The fourth-order valence-electron chi connectivity index (χ4n) is 5.13. The van der Waals surface area contributed by atoms with E-state index in [0.29, 0.717) is 13.1 Å². The Morgan fingerprint density at radius 2 is 2.00 bits per heavy atom. The van der Waals surface area contributed by atoms with E-state index < -0.39 is 0 Å². The molecule has 2 aromatic heterocycles. The number of nitrogens with zero attached hydrogens (tertiary/aromatic N) is 5. The van der Waals surface area contributed by atoms with Gasteiger partial charge in [-0.05, 0) is 70.8 Å². The second-order valence-corrected chi connectivity index (χ2v) is 9.57. The Morgan fingerprint density at radius 3 is 2.75 bits per heavy atom. The summed E-state index contributed by atoms with van der Waals surface area (Å²) >= 11 is 0. The predicted octanol–water partition coefficient (Wildman–Crippen LogP) is 4.26. The molecule has 3 heterocycles. The Balaban J connectivity index is 1.48. The van der Waals surface area contributed by atoms with E-state index in [2.05, 4.69) is 63.5 Å². The van der Waals surface area contributed by atoms with E-state index in [1.807, 2.05) is 35.0 Å². The van der Waals surface area contributed by atoms with Crippen LogP contribution in [0, 0.1) is 0 Å². The van der Waals surface area contributed by atoms with Gasteiger partial charge in [0.1, 0.15) is 0 Å². The van der Waals surface area contributed by atoms with Crippen LogP contribution in [-0.4, -0.2) is 49.3 Å². The lowest BCUT2D eigenvalue weighted by molar-refractivity contribution is 0.0489. The summed E-state index contributed by atoms with van der Waals surface area (Å²) in [5.74, 6) is 0.810. The molecule has 0 unspecified atom stereocenters. The SMILES string of the molecule is CCc1ccc2[nH]c(=O)c(CN(C[C@H]3CCCO3)[C@H](CC)c3nnnn3Cc3ccccc3)cc2c1. The molecule has 0 aliphatic carbocycles. The van der Waals surface area contributed by atoms with E-state index in [1.165, 1.54) is 5.56 Å². The number of ether oxygens (including phenoxy) is 1. The van der Waals surface area contributed by atoms with Crippen LogP contribution in [0.3, 0.4) is 0 Å². The summed E-state index contributed by atoms with van der Waals surface area (Å²) in [6.07, 6.45) is 4.00. The maximum atomic E-state index is 13.1. The Labute approximate surface area is 211 Å². The van der Waals surface area contributed by atoms with Gasteiger partial charge in [0, 0.05) is 30.8 Å². The number of rotatable bonds is 10. The Kier molecular flexibility index (Phi) is 7.53. The topological polar surface area (TPSA) is 88.9 Å². The van der Waals surface area contributed by atoms with E-state index in [1.54, 1.807) is 0 Å². The summed E-state index contributed by atoms with van der Waals surface area (Å²) < 4.78 is 7.88. The van der Waals surface area contributed by atoms with Gasteiger partial charge in [-0.15, -0.1) is 5.10 Å². The molecular weight excluding hydrogens is 452 g/mol. The molecule has 36 heavy (non-hydrogen) atoms. The van der Waals surface area contributed by atoms with Gasteiger partial charge in [0.15, 0.2) is 5.82 Å². The zero-order chi connectivity index (χ0) is 24.9. The van der Waals surface area contributed by atoms with Crippen LogP contribution in [0.4, 0.5) is 0 Å². The van der Waals surface area contributed by atoms with Crippen molar-refractivity contribution in [2.24, 2.45) is 0 Å². The smallest absolute Gasteiger partial charge is 0.252 e. The average Bonchev–Trinajstić information content (AvgIpc) is 3.58. The third kappa shape index (κ3) is 5.39. The summed E-state index contributed by atoms with van der Waals surface area (Å²) in [4.78, 5) is 18.5. The summed E-state index contributed by atoms with van der Waals surface area (Å²) in [5, 5.41) is 13.8. The quantitative estimate of drug-likeness (QED) is 0.360. The fourth-order valence-corrected chi connectivity index (χ4v) is 5.13. The highest BCUT2D eigenvalue weighted by Gasteiger charge is 2.29. The Bertz CT molecular complexity index is 1340. The van der Waals surface area contributed by atoms with Gasteiger partial charge in [-0.2, -0.15) is 0 Å². The summed E-state index contributed by atoms with van der Waals surface area (Å²) in [6.45, 7) is 6.90. The van der Waals surface area contributed by atoms with Gasteiger partial charge in [-0.1, -0.05) is 50.2 Å². The summed E-state index contributed by atoms with van der Waals surface area (Å²) in [6, 6.07) is 18.4. The molecule has 8 heteroatoms. The highest BCUT2D eigenvalue weighted by molar-refractivity contribution is 5.79. The van der Waals surface area contributed by atoms with Crippen molar-refractivity contribution in [1.29, 1.82) is 0 Å². The number of aromatic amines is 1. The number of nitrogens with one attached hydrogen (secondary N) is 1. The highest BCUT2D eigenvalue weighted by Crippen LogP contribution is 2.27. The number of hydrogen-bond donors (Lipinski definition) is 1. The third-order valence-corrected chi connectivity index (χ3v) is 7.09. The first-order valence-electron chi connectivity index (χ1n) is 12.9. The van der Waals surface area contributed by atoms with Crippen LogP contribution in [0.1, 0.15) is 61.7 Å². The van der Waals surface area contributed by atoms with Crippen molar-refractivity contribution in [2.45, 2.75) is 64.8 Å². The molecule has 5 rings (SSSR count). The predicted molar refractivity (Wildman–Crippen MR) is 140 cm³/mol. The van der Waals surface area contributed by atoms with Crippen molar-refractivity contribution >= 4 is 10.9 Å². The van der Waals surface area contributed by atoms with Crippen molar-refractivity contribution in [3.8, 4) is 0 Å². The van der Waals surface area contributed by atoms with Crippen molar-refractivity contribution < 1.29 is 4.74 Å². The summed E-state index contributed by atoms with van der Waals surface area (Å²) in [5.41, 5.74) is 3.95. The van der Waals surface area contributed by atoms with Gasteiger partial charge in [0.25, 0.3) is 5.56 Å². The second kappa shape index (κ2) is 11.1. The van der Waals surface area contributed by atoms with Gasteiger partial charge in [0.2, 0.25) is 0 Å². The fraction of sp³-hybridized carbons (Fsp3) is 0.429. The largest absolute Gasteiger partial charge is 0.377 e. The van der Waals surface area contributed by atoms with Gasteiger partial charge in [-0.25, -0.2) is 4.68 Å². The molecule has 2 atom stereocenters. The van der Waals surface area contributed by atoms with Crippen LogP contribution in [-0.2, 0) is 24.2 Å². The maximum absolute atomic E-state index is 13.1. The molecule has 0 saturated carbocycles. The van der Waals surface area contributed by atoms with Crippen LogP contribution < -0.4 is 5.56 Å². The molecule has 8 nitrogen and oxygen atoms in total. The van der Waals surface area contributed by atoms with E-state index in [-0.39, 0.29) is 17.7 Å². The van der Waals surface area contributed by atoms with Crippen LogP contribution >= 0.6 is 0 Å². The molecule has 1 aliphatic heterocycles. The lowest BCUT2D eigenvalue weighted by Gasteiger charge is -2.32. The molecule has 4 aromatic rings. The molecule has 1 fully saturated rings. The van der Waals surface area contributed by atoms with Gasteiger partial charge < -0.3 is 9.72 Å². The minimum absolute atomic E-state index is 0.0509. The number of pyridine rings is 1. The van der Waals surface area contributed by atoms with E-state index >= 15 is 0 Å². The number of aromatic nitrogens is 5. The molecule has 0 spiro atoms. The second-order valence-electron chi connectivity index (χ2n) is 9.57. The number of fused-ring (bicyclic) bond motifs is 1. The maximum Gasteiger partial charge on any atom is 0.252 e. The first-order chi connectivity index (χ1) is 17.6. The lowest BCUT2D eigenvalue weighted by Crippen LogP contribution is -2.37. The first kappa shape index (κ1) is 24.3. The highest BCUT2D eigenvalue weighted by atomic mass is 16.5. The van der Waals surface area contributed by atoms with Crippen LogP contribution in [0.15, 0.2) is 59.4 Å². The number of tetrazole rings is 1. The Morgan fingerprint density at radius 1 is 1.14 bits per heavy atom. The van der Waals surface area contributed by atoms with Crippen LogP contribution in [0.5, 0.6) is 0 Å². The lowest BCUT2D eigenvalue weighted by atomic mass is 10.1. The van der Waals surface area contributed by atoms with Crippen LogP contribution in [0.25, 0.3) is 10.9 Å². The number of H-pyrrole nitrogens is 1. The van der Waals surface area contributed by atoms with E-state index in [0.717, 1.165) is 66.7 Å². The molecule has 1 saturated heterocycles. The molecule has 0 amide bonds. The first-order valence-corrected chi connectivity index (χ1v) is 12.9. The van der Waals surface area contributed by atoms with Crippen molar-refractivity contribution in [3.05, 3.63) is 87.5 Å². The third-order valence-electron chi connectivity index (χ3n) is 7.09. The van der Waals surface area contributed by atoms with Gasteiger partial charge in [-0.3, -0.25) is 9.69 Å². The van der Waals surface area contributed by atoms with Crippen molar-refractivity contribution in [3.63, 3.8) is 0 Å². The number of hydrogen-bond acceptors (Lipinski definition) is 6. The molecule has 188 valence electrons. The number of benzene rings is 2. The van der Waals surface area contributed by atoms with E-state index in [4.69, 9.17) is 4.74 Å². The average molecular weight is 487 g/mol. The molecular formula is C28H34N6O2. The monoisotopic (exact) mass is 486 g/mol.